The molecule has 0 saturated carbocycles. The average Bonchev–Trinajstić information content (AvgIpc) is 3.62. The molecular formula is C27H23N7O2. The van der Waals surface area contributed by atoms with E-state index < -0.39 is 0 Å². The highest BCUT2D eigenvalue weighted by molar-refractivity contribution is 6.00. The van der Waals surface area contributed by atoms with Gasteiger partial charge in [-0.05, 0) is 61.6 Å². The van der Waals surface area contributed by atoms with Crippen LogP contribution >= 0.6 is 0 Å². The Labute approximate surface area is 206 Å². The van der Waals surface area contributed by atoms with Crippen molar-refractivity contribution in [1.29, 1.82) is 0 Å². The topological polar surface area (TPSA) is 116 Å². The Kier molecular flexibility index (Phi) is 5.31. The van der Waals surface area contributed by atoms with Gasteiger partial charge in [-0.25, -0.2) is 4.98 Å². The van der Waals surface area contributed by atoms with Gasteiger partial charge in [-0.15, -0.1) is 0 Å². The number of aromatic nitrogens is 5. The van der Waals surface area contributed by atoms with E-state index in [4.69, 9.17) is 4.42 Å². The zero-order valence-corrected chi connectivity index (χ0v) is 19.7. The molecule has 0 aliphatic carbocycles. The van der Waals surface area contributed by atoms with Gasteiger partial charge in [-0.3, -0.25) is 14.9 Å². The van der Waals surface area contributed by atoms with E-state index in [9.17, 15) is 4.79 Å². The maximum Gasteiger partial charge on any atom is 0.238 e. The molecule has 0 aliphatic heterocycles. The first-order chi connectivity index (χ1) is 17.5. The smallest absolute Gasteiger partial charge is 0.238 e. The van der Waals surface area contributed by atoms with Crippen molar-refractivity contribution in [3.05, 3.63) is 73.6 Å². The Morgan fingerprint density at radius 2 is 1.94 bits per heavy atom. The van der Waals surface area contributed by atoms with Crippen LogP contribution in [0.2, 0.25) is 0 Å². The first kappa shape index (κ1) is 21.8. The molecule has 3 N–H and O–H groups in total. The first-order valence-corrected chi connectivity index (χ1v) is 11.4. The molecule has 36 heavy (non-hydrogen) atoms. The normalized spacial score (nSPS) is 11.5. The Balaban J connectivity index is 1.38. The van der Waals surface area contributed by atoms with Crippen LogP contribution in [0.3, 0.4) is 0 Å². The molecule has 0 spiro atoms. The van der Waals surface area contributed by atoms with Gasteiger partial charge >= 0.3 is 0 Å². The minimum Gasteiger partial charge on any atom is -0.472 e. The highest BCUT2D eigenvalue weighted by atomic mass is 16.3. The van der Waals surface area contributed by atoms with Gasteiger partial charge in [0, 0.05) is 34.3 Å². The Bertz CT molecular complexity index is 1700. The summed E-state index contributed by atoms with van der Waals surface area (Å²) in [6.07, 6.45) is 8.60. The molecule has 6 rings (SSSR count). The number of likely N-dealkylation sites (N-methyl/N-ethyl adjacent to an activating group) is 1. The first-order valence-electron chi connectivity index (χ1n) is 11.4. The van der Waals surface area contributed by atoms with Crippen LogP contribution in [-0.2, 0) is 4.79 Å². The van der Waals surface area contributed by atoms with Gasteiger partial charge < -0.3 is 19.6 Å². The van der Waals surface area contributed by atoms with E-state index in [2.05, 4.69) is 42.6 Å². The number of H-pyrrole nitrogens is 2. The number of furan rings is 1. The van der Waals surface area contributed by atoms with Gasteiger partial charge in [0.05, 0.1) is 42.2 Å². The van der Waals surface area contributed by atoms with E-state index in [-0.39, 0.29) is 5.91 Å². The number of aromatic amines is 2. The number of nitrogens with one attached hydrogen (secondary N) is 3. The molecule has 0 aliphatic rings. The zero-order valence-electron chi connectivity index (χ0n) is 19.7. The van der Waals surface area contributed by atoms with Gasteiger partial charge in [0.25, 0.3) is 0 Å². The number of anilines is 1. The summed E-state index contributed by atoms with van der Waals surface area (Å²) in [5.41, 5.74) is 7.90. The molecule has 0 radical (unpaired) electrons. The predicted octanol–water partition coefficient (Wildman–Crippen LogP) is 4.93. The number of benzene rings is 1. The summed E-state index contributed by atoms with van der Waals surface area (Å²) in [6.45, 7) is 0.302. The summed E-state index contributed by atoms with van der Waals surface area (Å²) in [4.78, 5) is 26.2. The van der Waals surface area contributed by atoms with Crippen LogP contribution in [0.15, 0.2) is 78.0 Å². The van der Waals surface area contributed by atoms with E-state index in [0.29, 0.717) is 12.2 Å². The van der Waals surface area contributed by atoms with Crippen molar-refractivity contribution < 1.29 is 9.21 Å². The third-order valence-corrected chi connectivity index (χ3v) is 6.00. The minimum absolute atomic E-state index is 0.0891. The number of rotatable bonds is 6. The fourth-order valence-corrected chi connectivity index (χ4v) is 4.38. The zero-order chi connectivity index (χ0) is 24.6. The fraction of sp³-hybridized carbons (Fsp3) is 0.111. The molecule has 1 amide bonds. The van der Waals surface area contributed by atoms with Gasteiger partial charge in [0.1, 0.15) is 11.3 Å². The van der Waals surface area contributed by atoms with Crippen LogP contribution < -0.4 is 5.32 Å². The van der Waals surface area contributed by atoms with E-state index in [1.807, 2.05) is 49.3 Å². The second-order valence-electron chi connectivity index (χ2n) is 8.90. The molecule has 6 aromatic rings. The summed E-state index contributed by atoms with van der Waals surface area (Å²) in [5.74, 6) is -0.0891. The summed E-state index contributed by atoms with van der Waals surface area (Å²) < 4.78 is 5.28. The standard InChI is InChI=1S/C27H23N7O2/c1-34(2)14-25(35)30-19-9-18(12-28-13-19)16-3-4-23-22(10-16)26(33-32-23)24-11-21-20(17-6-8-36-15-17)5-7-29-27(21)31-24/h3-13,15H,14H2,1-2H3,(H,29,31)(H,30,35)(H,32,33). The highest BCUT2D eigenvalue weighted by Crippen LogP contribution is 2.34. The number of amides is 1. The van der Waals surface area contributed by atoms with Crippen LogP contribution in [0.5, 0.6) is 0 Å². The largest absolute Gasteiger partial charge is 0.472 e. The van der Waals surface area contributed by atoms with Crippen molar-refractivity contribution in [3.63, 3.8) is 0 Å². The van der Waals surface area contributed by atoms with Crippen molar-refractivity contribution in [1.82, 2.24) is 30.0 Å². The molecule has 5 aromatic heterocycles. The summed E-state index contributed by atoms with van der Waals surface area (Å²) in [7, 11) is 3.71. The van der Waals surface area contributed by atoms with E-state index in [1.54, 1.807) is 31.1 Å². The van der Waals surface area contributed by atoms with Gasteiger partial charge in [0.2, 0.25) is 5.91 Å². The number of pyridine rings is 2. The summed E-state index contributed by atoms with van der Waals surface area (Å²) >= 11 is 0. The molecule has 9 heteroatoms. The molecule has 0 saturated heterocycles. The second kappa shape index (κ2) is 8.79. The summed E-state index contributed by atoms with van der Waals surface area (Å²) in [6, 6.07) is 14.0. The van der Waals surface area contributed by atoms with Crippen LogP contribution in [0, 0.1) is 0 Å². The number of hydrogen-bond acceptors (Lipinski definition) is 6. The van der Waals surface area contributed by atoms with Crippen LogP contribution in [0.1, 0.15) is 0 Å². The number of carbonyl (C=O) groups is 1. The molecule has 1 aromatic carbocycles. The minimum atomic E-state index is -0.0891. The molecule has 0 fully saturated rings. The van der Waals surface area contributed by atoms with Gasteiger partial charge in [-0.1, -0.05) is 6.07 Å². The maximum absolute atomic E-state index is 12.2. The fourth-order valence-electron chi connectivity index (χ4n) is 4.38. The molecule has 5 heterocycles. The van der Waals surface area contributed by atoms with Crippen molar-refractivity contribution in [3.8, 4) is 33.6 Å². The van der Waals surface area contributed by atoms with Crippen molar-refractivity contribution in [2.24, 2.45) is 0 Å². The van der Waals surface area contributed by atoms with Crippen LogP contribution in [-0.4, -0.2) is 56.6 Å². The predicted molar refractivity (Wildman–Crippen MR) is 139 cm³/mol. The third-order valence-electron chi connectivity index (χ3n) is 6.00. The number of hydrogen-bond donors (Lipinski definition) is 3. The Morgan fingerprint density at radius 1 is 1.03 bits per heavy atom. The average molecular weight is 478 g/mol. The van der Waals surface area contributed by atoms with Crippen LogP contribution in [0.25, 0.3) is 55.6 Å². The maximum atomic E-state index is 12.2. The van der Waals surface area contributed by atoms with Gasteiger partial charge in [-0.2, -0.15) is 5.10 Å². The molecule has 0 atom stereocenters. The highest BCUT2D eigenvalue weighted by Gasteiger charge is 2.15. The quantitative estimate of drug-likeness (QED) is 0.313. The Hall–Kier alpha value is -4.76. The van der Waals surface area contributed by atoms with Gasteiger partial charge in [0.15, 0.2) is 0 Å². The van der Waals surface area contributed by atoms with E-state index in [1.165, 1.54) is 0 Å². The second-order valence-corrected chi connectivity index (χ2v) is 8.90. The number of fused-ring (bicyclic) bond motifs is 2. The monoisotopic (exact) mass is 477 g/mol. The summed E-state index contributed by atoms with van der Waals surface area (Å²) in [5, 5.41) is 12.6. The lowest BCUT2D eigenvalue weighted by atomic mass is 10.0. The van der Waals surface area contributed by atoms with Crippen LogP contribution in [0.4, 0.5) is 5.69 Å². The molecular weight excluding hydrogens is 454 g/mol. The lowest BCUT2D eigenvalue weighted by molar-refractivity contribution is -0.116. The SMILES string of the molecule is CN(C)CC(=O)Nc1cncc(-c2ccc3[nH]nc(-c4cc5c(-c6ccoc6)ccnc5[nH]4)c3c2)c1. The van der Waals surface area contributed by atoms with Crippen molar-refractivity contribution in [2.45, 2.75) is 0 Å². The molecule has 9 nitrogen and oxygen atoms in total. The lowest BCUT2D eigenvalue weighted by Crippen LogP contribution is -2.27. The van der Waals surface area contributed by atoms with E-state index in [0.717, 1.165) is 55.6 Å². The number of nitrogens with zero attached hydrogens (tertiary/aromatic N) is 4. The van der Waals surface area contributed by atoms with E-state index >= 15 is 0 Å². The molecule has 0 bridgehead atoms. The Morgan fingerprint density at radius 3 is 2.78 bits per heavy atom. The van der Waals surface area contributed by atoms with Crippen molar-refractivity contribution in [2.75, 3.05) is 26.0 Å². The molecule has 178 valence electrons. The van der Waals surface area contributed by atoms with Crippen molar-refractivity contribution >= 4 is 33.5 Å². The lowest BCUT2D eigenvalue weighted by Gasteiger charge is -2.11. The number of carbonyl (C=O) groups excluding carboxylic acids is 1. The third kappa shape index (κ3) is 4.01. The molecule has 0 unspecified atom stereocenters.